The fourth-order valence-corrected chi connectivity index (χ4v) is 1.57. The van der Waals surface area contributed by atoms with E-state index < -0.39 is 5.97 Å². The molecule has 0 atom stereocenters. The molecular weight excluding hydrogens is 248 g/mol. The number of carboxylic acid groups (broad SMARTS) is 1. The number of benzene rings is 1. The molecule has 4 nitrogen and oxygen atoms in total. The largest absolute Gasteiger partial charge is 0.475 e. The standard InChI is InChI=1S/C9H7BrN2O2/c1-4-2-6-7(3-5(4)10)12-8(11-6)9(13)14/h2-3H,1H3,(H,11,12)(H,13,14). The van der Waals surface area contributed by atoms with Gasteiger partial charge in [0, 0.05) is 4.47 Å². The number of aromatic nitrogens is 2. The number of aryl methyl sites for hydroxylation is 1. The number of fused-ring (bicyclic) bond motifs is 1. The van der Waals surface area contributed by atoms with E-state index in [1.165, 1.54) is 0 Å². The molecule has 0 saturated carbocycles. The molecule has 5 heteroatoms. The second kappa shape index (κ2) is 3.09. The van der Waals surface area contributed by atoms with Gasteiger partial charge in [0.05, 0.1) is 11.0 Å². The summed E-state index contributed by atoms with van der Waals surface area (Å²) in [6.07, 6.45) is 0. The number of aromatic amines is 1. The van der Waals surface area contributed by atoms with Gasteiger partial charge in [-0.1, -0.05) is 15.9 Å². The minimum absolute atomic E-state index is 0.0301. The van der Waals surface area contributed by atoms with E-state index in [2.05, 4.69) is 25.9 Å². The quantitative estimate of drug-likeness (QED) is 0.821. The highest BCUT2D eigenvalue weighted by Gasteiger charge is 2.10. The minimum atomic E-state index is -1.05. The van der Waals surface area contributed by atoms with Crippen LogP contribution >= 0.6 is 15.9 Å². The molecule has 0 aliphatic rings. The van der Waals surface area contributed by atoms with Crippen molar-refractivity contribution < 1.29 is 9.90 Å². The first-order valence-electron chi connectivity index (χ1n) is 3.97. The highest BCUT2D eigenvalue weighted by Crippen LogP contribution is 2.22. The van der Waals surface area contributed by atoms with E-state index in [4.69, 9.17) is 5.11 Å². The summed E-state index contributed by atoms with van der Waals surface area (Å²) in [6.45, 7) is 1.94. The summed E-state index contributed by atoms with van der Waals surface area (Å²) >= 11 is 3.36. The second-order valence-electron chi connectivity index (χ2n) is 3.01. The molecule has 1 heterocycles. The van der Waals surface area contributed by atoms with E-state index in [9.17, 15) is 4.79 Å². The molecule has 0 aliphatic heterocycles. The van der Waals surface area contributed by atoms with Gasteiger partial charge in [0.2, 0.25) is 5.82 Å². The van der Waals surface area contributed by atoms with Crippen LogP contribution in [0.25, 0.3) is 11.0 Å². The van der Waals surface area contributed by atoms with E-state index in [0.29, 0.717) is 5.52 Å². The number of hydrogen-bond donors (Lipinski definition) is 2. The third-order valence-electron chi connectivity index (χ3n) is 1.96. The first kappa shape index (κ1) is 9.21. The zero-order valence-electron chi connectivity index (χ0n) is 7.34. The Bertz CT molecular complexity index is 480. The monoisotopic (exact) mass is 254 g/mol. The van der Waals surface area contributed by atoms with Crippen LogP contribution in [0, 0.1) is 6.92 Å². The van der Waals surface area contributed by atoms with Gasteiger partial charge < -0.3 is 10.1 Å². The van der Waals surface area contributed by atoms with E-state index in [0.717, 1.165) is 15.6 Å². The van der Waals surface area contributed by atoms with Crippen molar-refractivity contribution in [3.8, 4) is 0 Å². The Morgan fingerprint density at radius 3 is 2.93 bits per heavy atom. The van der Waals surface area contributed by atoms with Crippen LogP contribution in [0.15, 0.2) is 16.6 Å². The molecule has 0 radical (unpaired) electrons. The molecule has 0 bridgehead atoms. The van der Waals surface area contributed by atoms with E-state index in [1.54, 1.807) is 6.07 Å². The van der Waals surface area contributed by atoms with Gasteiger partial charge >= 0.3 is 5.97 Å². The molecule has 0 aliphatic carbocycles. The summed E-state index contributed by atoms with van der Waals surface area (Å²) < 4.78 is 0.924. The van der Waals surface area contributed by atoms with Crippen LogP contribution < -0.4 is 0 Å². The Labute approximate surface area is 88.1 Å². The van der Waals surface area contributed by atoms with Crippen LogP contribution in [0.3, 0.4) is 0 Å². The second-order valence-corrected chi connectivity index (χ2v) is 3.86. The Morgan fingerprint density at radius 2 is 2.29 bits per heavy atom. The maximum Gasteiger partial charge on any atom is 0.371 e. The van der Waals surface area contributed by atoms with E-state index >= 15 is 0 Å². The van der Waals surface area contributed by atoms with Crippen LogP contribution in [0.2, 0.25) is 0 Å². The molecule has 0 fully saturated rings. The molecule has 2 N–H and O–H groups in total. The molecule has 1 aromatic heterocycles. The zero-order valence-corrected chi connectivity index (χ0v) is 8.92. The third-order valence-corrected chi connectivity index (χ3v) is 2.82. The van der Waals surface area contributed by atoms with Crippen molar-refractivity contribution >= 4 is 32.9 Å². The van der Waals surface area contributed by atoms with E-state index in [-0.39, 0.29) is 5.82 Å². The van der Waals surface area contributed by atoms with Gasteiger partial charge in [-0.3, -0.25) is 0 Å². The average Bonchev–Trinajstić information content (AvgIpc) is 2.48. The van der Waals surface area contributed by atoms with Gasteiger partial charge in [0.15, 0.2) is 0 Å². The molecule has 2 aromatic rings. The molecule has 1 aromatic carbocycles. The Hall–Kier alpha value is -1.36. The Morgan fingerprint density at radius 1 is 1.57 bits per heavy atom. The number of nitrogens with zero attached hydrogens (tertiary/aromatic N) is 1. The van der Waals surface area contributed by atoms with Crippen LogP contribution in [-0.4, -0.2) is 21.0 Å². The number of rotatable bonds is 1. The number of aromatic carboxylic acids is 1. The van der Waals surface area contributed by atoms with Gasteiger partial charge in [-0.15, -0.1) is 0 Å². The third kappa shape index (κ3) is 1.39. The number of imidazole rings is 1. The summed E-state index contributed by atoms with van der Waals surface area (Å²) in [5.74, 6) is -1.08. The van der Waals surface area contributed by atoms with Gasteiger partial charge in [-0.25, -0.2) is 9.78 Å². The molecule has 0 spiro atoms. The maximum atomic E-state index is 10.6. The number of halogens is 1. The van der Waals surface area contributed by atoms with Crippen LogP contribution in [0.1, 0.15) is 16.2 Å². The molecule has 0 saturated heterocycles. The summed E-state index contributed by atoms with van der Waals surface area (Å²) in [7, 11) is 0. The summed E-state index contributed by atoms with van der Waals surface area (Å²) in [6, 6.07) is 3.66. The van der Waals surface area contributed by atoms with Gasteiger partial charge in [-0.05, 0) is 24.6 Å². The lowest BCUT2D eigenvalue weighted by Gasteiger charge is -1.95. The van der Waals surface area contributed by atoms with Crippen molar-refractivity contribution in [2.24, 2.45) is 0 Å². The minimum Gasteiger partial charge on any atom is -0.475 e. The Kier molecular flexibility index (Phi) is 2.03. The summed E-state index contributed by atoms with van der Waals surface area (Å²) in [5.41, 5.74) is 2.43. The van der Waals surface area contributed by atoms with Gasteiger partial charge in [-0.2, -0.15) is 0 Å². The molecular formula is C9H7BrN2O2. The maximum absolute atomic E-state index is 10.6. The zero-order chi connectivity index (χ0) is 10.3. The summed E-state index contributed by atoms with van der Waals surface area (Å²) in [5, 5.41) is 8.72. The average molecular weight is 255 g/mol. The predicted octanol–water partition coefficient (Wildman–Crippen LogP) is 2.33. The molecule has 14 heavy (non-hydrogen) atoms. The molecule has 0 amide bonds. The lowest BCUT2D eigenvalue weighted by Crippen LogP contribution is -1.97. The van der Waals surface area contributed by atoms with Crippen LogP contribution in [-0.2, 0) is 0 Å². The van der Waals surface area contributed by atoms with Crippen molar-refractivity contribution in [1.82, 2.24) is 9.97 Å². The van der Waals surface area contributed by atoms with Crippen molar-refractivity contribution in [3.63, 3.8) is 0 Å². The van der Waals surface area contributed by atoms with Crippen molar-refractivity contribution in [2.45, 2.75) is 6.92 Å². The molecule has 0 unspecified atom stereocenters. The van der Waals surface area contributed by atoms with Crippen molar-refractivity contribution in [1.29, 1.82) is 0 Å². The lowest BCUT2D eigenvalue weighted by atomic mass is 10.2. The first-order chi connectivity index (χ1) is 6.58. The number of carbonyl (C=O) groups is 1. The number of H-pyrrole nitrogens is 1. The molecule has 2 rings (SSSR count). The predicted molar refractivity (Wildman–Crippen MR) is 55.5 cm³/mol. The van der Waals surface area contributed by atoms with E-state index in [1.807, 2.05) is 13.0 Å². The van der Waals surface area contributed by atoms with Crippen LogP contribution in [0.5, 0.6) is 0 Å². The number of hydrogen-bond acceptors (Lipinski definition) is 2. The van der Waals surface area contributed by atoms with Crippen LogP contribution in [0.4, 0.5) is 0 Å². The van der Waals surface area contributed by atoms with Gasteiger partial charge in [0.25, 0.3) is 0 Å². The highest BCUT2D eigenvalue weighted by molar-refractivity contribution is 9.10. The highest BCUT2D eigenvalue weighted by atomic mass is 79.9. The lowest BCUT2D eigenvalue weighted by molar-refractivity contribution is 0.0685. The van der Waals surface area contributed by atoms with Gasteiger partial charge in [0.1, 0.15) is 0 Å². The normalized spacial score (nSPS) is 10.7. The number of carboxylic acids is 1. The smallest absolute Gasteiger partial charge is 0.371 e. The fourth-order valence-electron chi connectivity index (χ4n) is 1.24. The van der Waals surface area contributed by atoms with Crippen molar-refractivity contribution in [3.05, 3.63) is 28.0 Å². The molecule has 72 valence electrons. The SMILES string of the molecule is Cc1cc2[nH]c(C(=O)O)nc2cc1Br. The Balaban J connectivity index is 2.72. The first-order valence-corrected chi connectivity index (χ1v) is 4.76. The number of nitrogens with one attached hydrogen (secondary N) is 1. The summed E-state index contributed by atoms with van der Waals surface area (Å²) in [4.78, 5) is 17.3. The fraction of sp³-hybridized carbons (Fsp3) is 0.111. The topological polar surface area (TPSA) is 66.0 Å². The van der Waals surface area contributed by atoms with Crippen molar-refractivity contribution in [2.75, 3.05) is 0 Å².